The molecule has 0 amide bonds. The molecule has 3 rings (SSSR count). The molecule has 3 heterocycles. The van der Waals surface area contributed by atoms with E-state index in [0.29, 0.717) is 36.6 Å². The predicted molar refractivity (Wildman–Crippen MR) is 86.9 cm³/mol. The highest BCUT2D eigenvalue weighted by atomic mass is 32.2. The van der Waals surface area contributed by atoms with Gasteiger partial charge in [-0.05, 0) is 36.8 Å². The molecule has 0 saturated carbocycles. The zero-order valence-corrected chi connectivity index (χ0v) is 14.6. The van der Waals surface area contributed by atoms with E-state index in [1.54, 1.807) is 8.99 Å². The van der Waals surface area contributed by atoms with Crippen LogP contribution in [0.2, 0.25) is 0 Å². The Morgan fingerprint density at radius 3 is 2.74 bits per heavy atom. The van der Waals surface area contributed by atoms with Gasteiger partial charge in [0.15, 0.2) is 0 Å². The molecule has 126 valence electrons. The predicted octanol–water partition coefficient (Wildman–Crippen LogP) is 1.21. The number of piperidine rings is 1. The van der Waals surface area contributed by atoms with Crippen LogP contribution in [0.3, 0.4) is 0 Å². The van der Waals surface area contributed by atoms with Gasteiger partial charge >= 0.3 is 0 Å². The fraction of sp³-hybridized carbons (Fsp3) is 0.571. The lowest BCUT2D eigenvalue weighted by Gasteiger charge is -2.30. The highest BCUT2D eigenvalue weighted by Gasteiger charge is 2.32. The van der Waals surface area contributed by atoms with Crippen molar-refractivity contribution in [2.45, 2.75) is 36.4 Å². The van der Waals surface area contributed by atoms with Crippen LogP contribution in [-0.4, -0.2) is 52.5 Å². The normalized spacial score (nSPS) is 17.7. The number of rotatable bonds is 5. The fourth-order valence-corrected chi connectivity index (χ4v) is 5.83. The van der Waals surface area contributed by atoms with E-state index in [1.807, 2.05) is 24.6 Å². The molecule has 0 bridgehead atoms. The van der Waals surface area contributed by atoms with E-state index in [0.717, 1.165) is 11.3 Å². The van der Waals surface area contributed by atoms with Crippen molar-refractivity contribution in [1.82, 2.24) is 19.3 Å². The van der Waals surface area contributed by atoms with E-state index >= 15 is 0 Å². The Labute approximate surface area is 139 Å². The lowest BCUT2D eigenvalue weighted by molar-refractivity contribution is 0.258. The highest BCUT2D eigenvalue weighted by Crippen LogP contribution is 2.30. The van der Waals surface area contributed by atoms with E-state index in [4.69, 9.17) is 5.11 Å². The Balaban J connectivity index is 1.67. The standard InChI is InChI=1S/C14H20N4O3S2/c1-11-5-9-22-14(11)23(20,21)17-6-2-13(3-7-17)18-10-12(4-8-19)15-16-18/h5,9-10,13,19H,2-4,6-8H2,1H3. The summed E-state index contributed by atoms with van der Waals surface area (Å²) in [5, 5.41) is 18.9. The van der Waals surface area contributed by atoms with Crippen LogP contribution in [-0.2, 0) is 16.4 Å². The molecule has 0 atom stereocenters. The summed E-state index contributed by atoms with van der Waals surface area (Å²) < 4.78 is 29.2. The van der Waals surface area contributed by atoms with E-state index in [-0.39, 0.29) is 12.6 Å². The number of aliphatic hydroxyl groups excluding tert-OH is 1. The summed E-state index contributed by atoms with van der Waals surface area (Å²) >= 11 is 1.28. The molecular formula is C14H20N4O3S2. The minimum absolute atomic E-state index is 0.0511. The maximum absolute atomic E-state index is 12.7. The van der Waals surface area contributed by atoms with Gasteiger partial charge in [-0.1, -0.05) is 5.21 Å². The molecule has 1 N–H and O–H groups in total. The van der Waals surface area contributed by atoms with E-state index in [9.17, 15) is 8.42 Å². The number of thiophene rings is 1. The average Bonchev–Trinajstić information content (AvgIpc) is 3.17. The molecule has 7 nitrogen and oxygen atoms in total. The molecule has 23 heavy (non-hydrogen) atoms. The Hall–Kier alpha value is -1.29. The van der Waals surface area contributed by atoms with Gasteiger partial charge in [-0.2, -0.15) is 4.31 Å². The van der Waals surface area contributed by atoms with Crippen molar-refractivity contribution < 1.29 is 13.5 Å². The number of aliphatic hydroxyl groups is 1. The maximum Gasteiger partial charge on any atom is 0.252 e. The average molecular weight is 356 g/mol. The largest absolute Gasteiger partial charge is 0.396 e. The topological polar surface area (TPSA) is 88.3 Å². The number of sulfonamides is 1. The zero-order chi connectivity index (χ0) is 16.4. The Morgan fingerprint density at radius 2 is 2.13 bits per heavy atom. The molecule has 0 radical (unpaired) electrons. The van der Waals surface area contributed by atoms with E-state index < -0.39 is 10.0 Å². The number of hydrogen-bond acceptors (Lipinski definition) is 6. The van der Waals surface area contributed by atoms with Crippen LogP contribution >= 0.6 is 11.3 Å². The molecular weight excluding hydrogens is 336 g/mol. The third-order valence-electron chi connectivity index (χ3n) is 4.11. The fourth-order valence-electron chi connectivity index (χ4n) is 2.81. The van der Waals surface area contributed by atoms with Gasteiger partial charge in [-0.25, -0.2) is 13.1 Å². The molecule has 1 saturated heterocycles. The van der Waals surface area contributed by atoms with Gasteiger partial charge < -0.3 is 5.11 Å². The summed E-state index contributed by atoms with van der Waals surface area (Å²) in [6.45, 7) is 2.85. The van der Waals surface area contributed by atoms with Gasteiger partial charge in [0.05, 0.1) is 11.7 Å². The lowest BCUT2D eigenvalue weighted by Crippen LogP contribution is -2.39. The first-order chi connectivity index (χ1) is 11.0. The van der Waals surface area contributed by atoms with Gasteiger partial charge in [-0.3, -0.25) is 0 Å². The van der Waals surface area contributed by atoms with Crippen molar-refractivity contribution in [3.63, 3.8) is 0 Å². The SMILES string of the molecule is Cc1ccsc1S(=O)(=O)N1CCC(n2cc(CCO)nn2)CC1. The quantitative estimate of drug-likeness (QED) is 0.870. The minimum atomic E-state index is -3.38. The molecule has 0 spiro atoms. The number of nitrogens with zero attached hydrogens (tertiary/aromatic N) is 4. The summed E-state index contributed by atoms with van der Waals surface area (Å²) in [7, 11) is -3.38. The van der Waals surface area contributed by atoms with Crippen molar-refractivity contribution in [3.05, 3.63) is 28.9 Å². The van der Waals surface area contributed by atoms with Crippen molar-refractivity contribution in [3.8, 4) is 0 Å². The second kappa shape index (κ2) is 6.68. The minimum Gasteiger partial charge on any atom is -0.396 e. The van der Waals surface area contributed by atoms with Crippen LogP contribution in [0.25, 0.3) is 0 Å². The van der Waals surface area contributed by atoms with Crippen LogP contribution in [0, 0.1) is 6.92 Å². The van der Waals surface area contributed by atoms with E-state index in [2.05, 4.69) is 10.3 Å². The monoisotopic (exact) mass is 356 g/mol. The zero-order valence-electron chi connectivity index (χ0n) is 12.9. The summed E-state index contributed by atoms with van der Waals surface area (Å²) in [5.41, 5.74) is 1.57. The van der Waals surface area contributed by atoms with Crippen LogP contribution in [0.1, 0.15) is 30.1 Å². The van der Waals surface area contributed by atoms with Gasteiger partial charge in [0.25, 0.3) is 10.0 Å². The van der Waals surface area contributed by atoms with Gasteiger partial charge in [0.2, 0.25) is 0 Å². The third-order valence-corrected chi connectivity index (χ3v) is 7.68. The van der Waals surface area contributed by atoms with Gasteiger partial charge in [0, 0.05) is 32.3 Å². The molecule has 9 heteroatoms. The third kappa shape index (κ3) is 3.32. The second-order valence-corrected chi connectivity index (χ2v) is 8.74. The molecule has 1 fully saturated rings. The number of aryl methyl sites for hydroxylation is 1. The second-order valence-electron chi connectivity index (χ2n) is 5.69. The van der Waals surface area contributed by atoms with E-state index in [1.165, 1.54) is 11.3 Å². The molecule has 2 aromatic rings. The van der Waals surface area contributed by atoms with Gasteiger partial charge in [0.1, 0.15) is 4.21 Å². The Morgan fingerprint density at radius 1 is 1.39 bits per heavy atom. The van der Waals surface area contributed by atoms with Gasteiger partial charge in [-0.15, -0.1) is 16.4 Å². The van der Waals surface area contributed by atoms with Crippen LogP contribution < -0.4 is 0 Å². The molecule has 1 aliphatic heterocycles. The van der Waals surface area contributed by atoms with Crippen LogP contribution in [0.5, 0.6) is 0 Å². The summed E-state index contributed by atoms with van der Waals surface area (Å²) in [4.78, 5) is 0. The van der Waals surface area contributed by atoms with Crippen molar-refractivity contribution in [2.24, 2.45) is 0 Å². The number of hydrogen-bond donors (Lipinski definition) is 1. The van der Waals surface area contributed by atoms with Crippen LogP contribution in [0.4, 0.5) is 0 Å². The Kier molecular flexibility index (Phi) is 4.81. The number of aromatic nitrogens is 3. The summed E-state index contributed by atoms with van der Waals surface area (Å²) in [5.74, 6) is 0. The summed E-state index contributed by atoms with van der Waals surface area (Å²) in [6.07, 6.45) is 3.76. The molecule has 2 aromatic heterocycles. The van der Waals surface area contributed by atoms with Crippen molar-refractivity contribution in [1.29, 1.82) is 0 Å². The first kappa shape index (κ1) is 16.6. The molecule has 0 aromatic carbocycles. The first-order valence-corrected chi connectivity index (χ1v) is 9.90. The Bertz CT molecular complexity index is 761. The molecule has 0 unspecified atom stereocenters. The molecule has 0 aliphatic carbocycles. The summed E-state index contributed by atoms with van der Waals surface area (Å²) in [6, 6.07) is 1.99. The smallest absolute Gasteiger partial charge is 0.252 e. The van der Waals surface area contributed by atoms with Crippen molar-refractivity contribution >= 4 is 21.4 Å². The first-order valence-electron chi connectivity index (χ1n) is 7.58. The highest BCUT2D eigenvalue weighted by molar-refractivity contribution is 7.91. The lowest BCUT2D eigenvalue weighted by atomic mass is 10.1. The molecule has 1 aliphatic rings. The van der Waals surface area contributed by atoms with Crippen LogP contribution in [0.15, 0.2) is 21.9 Å². The van der Waals surface area contributed by atoms with Crippen molar-refractivity contribution in [2.75, 3.05) is 19.7 Å². The maximum atomic E-state index is 12.7.